The summed E-state index contributed by atoms with van der Waals surface area (Å²) in [5, 5.41) is 10.2. The topological polar surface area (TPSA) is 51.2 Å². The zero-order chi connectivity index (χ0) is 26.7. The second-order valence-corrected chi connectivity index (χ2v) is 11.8. The molecule has 3 fully saturated rings. The molecule has 5 heteroatoms. The number of fused-ring (bicyclic) bond motifs is 1. The van der Waals surface area contributed by atoms with Gasteiger partial charge in [-0.05, 0) is 66.8 Å². The van der Waals surface area contributed by atoms with E-state index in [-0.39, 0.29) is 30.4 Å². The molecule has 2 heterocycles. The predicted molar refractivity (Wildman–Crippen MR) is 152 cm³/mol. The molecule has 2 bridgehead atoms. The number of piperidine rings is 1. The van der Waals surface area contributed by atoms with E-state index >= 15 is 0 Å². The van der Waals surface area contributed by atoms with Crippen LogP contribution in [0.5, 0.6) is 5.75 Å². The van der Waals surface area contributed by atoms with Crippen LogP contribution >= 0.6 is 0 Å². The summed E-state index contributed by atoms with van der Waals surface area (Å²) in [5.41, 5.74) is 3.82. The molecule has 1 unspecified atom stereocenters. The summed E-state index contributed by atoms with van der Waals surface area (Å²) < 4.78 is 19.1. The van der Waals surface area contributed by atoms with Gasteiger partial charge in [-0.3, -0.25) is 4.90 Å². The molecule has 6 rings (SSSR count). The van der Waals surface area contributed by atoms with E-state index < -0.39 is 0 Å². The first-order valence-electron chi connectivity index (χ1n) is 14.5. The number of aliphatic hydroxyl groups excluding tert-OH is 1. The number of rotatable bonds is 10. The van der Waals surface area contributed by atoms with Crippen molar-refractivity contribution in [2.24, 2.45) is 11.8 Å². The lowest BCUT2D eigenvalue weighted by molar-refractivity contribution is -0.184. The van der Waals surface area contributed by atoms with E-state index in [1.165, 1.54) is 16.7 Å². The third kappa shape index (κ3) is 5.64. The molecule has 0 radical (unpaired) electrons. The maximum atomic E-state index is 10.2. The molecule has 39 heavy (non-hydrogen) atoms. The molecule has 1 aliphatic carbocycles. The Hall–Kier alpha value is -2.70. The van der Waals surface area contributed by atoms with Gasteiger partial charge in [-0.1, -0.05) is 72.8 Å². The molecule has 0 amide bonds. The molecular formula is C34H41NO4. The van der Waals surface area contributed by atoms with Crippen LogP contribution in [0.15, 0.2) is 84.9 Å². The molecule has 1 N–H and O–H groups in total. The van der Waals surface area contributed by atoms with Crippen molar-refractivity contribution in [1.82, 2.24) is 4.90 Å². The Morgan fingerprint density at radius 1 is 0.821 bits per heavy atom. The molecule has 6 atom stereocenters. The van der Waals surface area contributed by atoms with Gasteiger partial charge < -0.3 is 19.3 Å². The summed E-state index contributed by atoms with van der Waals surface area (Å²) in [6.07, 6.45) is 5.39. The summed E-state index contributed by atoms with van der Waals surface area (Å²) in [7, 11) is 1.71. The van der Waals surface area contributed by atoms with E-state index in [1.807, 2.05) is 0 Å². The van der Waals surface area contributed by atoms with Crippen LogP contribution in [0.2, 0.25) is 0 Å². The number of methoxy groups -OCH3 is 1. The van der Waals surface area contributed by atoms with Gasteiger partial charge in [0.15, 0.2) is 0 Å². The molecule has 5 nitrogen and oxygen atoms in total. The van der Waals surface area contributed by atoms with Gasteiger partial charge in [0, 0.05) is 30.7 Å². The van der Waals surface area contributed by atoms with Crippen LogP contribution in [0.3, 0.4) is 0 Å². The van der Waals surface area contributed by atoms with E-state index in [9.17, 15) is 5.11 Å². The van der Waals surface area contributed by atoms with Crippen molar-refractivity contribution < 1.29 is 19.3 Å². The molecule has 2 aliphatic heterocycles. The predicted octanol–water partition coefficient (Wildman–Crippen LogP) is 5.64. The number of aliphatic hydroxyl groups is 1. The Morgan fingerprint density at radius 2 is 1.49 bits per heavy atom. The van der Waals surface area contributed by atoms with Crippen LogP contribution in [0.25, 0.3) is 0 Å². The van der Waals surface area contributed by atoms with Crippen molar-refractivity contribution in [1.29, 1.82) is 0 Å². The van der Waals surface area contributed by atoms with E-state index in [1.54, 1.807) is 7.11 Å². The van der Waals surface area contributed by atoms with E-state index in [0.717, 1.165) is 44.4 Å². The Labute approximate surface area is 232 Å². The Balaban J connectivity index is 1.31. The minimum absolute atomic E-state index is 0.0407. The molecular weight excluding hydrogens is 486 g/mol. The summed E-state index contributed by atoms with van der Waals surface area (Å²) in [6.45, 7) is 2.41. The molecule has 1 saturated carbocycles. The standard InChI is InChI=1S/C34H41NO4/c1-37-29-14-12-25(13-15-29)18-31-33(39-24-27-10-6-3-7-11-27)30-20-34(19-28(22-36)21-35(31)34)17-16-32(30)38-23-26-8-4-2-5-9-26/h2-15,28,30-33,36H,16-24H2,1H3/t28-,30-,31-,32-,33-,34?/m0/s1. The number of benzene rings is 3. The summed E-state index contributed by atoms with van der Waals surface area (Å²) in [6, 6.07) is 29.7. The zero-order valence-corrected chi connectivity index (χ0v) is 23.0. The first-order valence-corrected chi connectivity index (χ1v) is 14.5. The molecule has 1 spiro atoms. The van der Waals surface area contributed by atoms with E-state index in [2.05, 4.69) is 89.8 Å². The van der Waals surface area contributed by atoms with Gasteiger partial charge in [-0.15, -0.1) is 0 Å². The first kappa shape index (κ1) is 26.5. The third-order valence-corrected chi connectivity index (χ3v) is 9.38. The van der Waals surface area contributed by atoms with E-state index in [4.69, 9.17) is 14.2 Å². The van der Waals surface area contributed by atoms with Gasteiger partial charge in [0.05, 0.1) is 32.5 Å². The summed E-state index contributed by atoms with van der Waals surface area (Å²) in [4.78, 5) is 2.73. The third-order valence-electron chi connectivity index (χ3n) is 9.38. The smallest absolute Gasteiger partial charge is 0.118 e. The van der Waals surface area contributed by atoms with Crippen molar-refractivity contribution in [2.75, 3.05) is 20.3 Å². The average molecular weight is 528 g/mol. The highest BCUT2D eigenvalue weighted by Gasteiger charge is 2.59. The summed E-state index contributed by atoms with van der Waals surface area (Å²) in [5.74, 6) is 1.50. The lowest BCUT2D eigenvalue weighted by Gasteiger charge is -2.58. The fourth-order valence-electron chi connectivity index (χ4n) is 7.55. The average Bonchev–Trinajstić information content (AvgIpc) is 3.35. The van der Waals surface area contributed by atoms with Gasteiger partial charge in [0.25, 0.3) is 0 Å². The lowest BCUT2D eigenvalue weighted by atomic mass is 9.64. The van der Waals surface area contributed by atoms with Crippen molar-refractivity contribution in [3.63, 3.8) is 0 Å². The minimum Gasteiger partial charge on any atom is -0.497 e. The van der Waals surface area contributed by atoms with Crippen molar-refractivity contribution in [2.45, 2.75) is 69.1 Å². The molecule has 3 aliphatic rings. The largest absolute Gasteiger partial charge is 0.497 e. The van der Waals surface area contributed by atoms with Gasteiger partial charge in [0.1, 0.15) is 5.75 Å². The fraction of sp³-hybridized carbons (Fsp3) is 0.471. The zero-order valence-electron chi connectivity index (χ0n) is 23.0. The Kier molecular flexibility index (Phi) is 8.03. The number of nitrogens with zero attached hydrogens (tertiary/aromatic N) is 1. The van der Waals surface area contributed by atoms with Crippen LogP contribution in [-0.2, 0) is 29.1 Å². The normalized spacial score (nSPS) is 30.2. The Bertz CT molecular complexity index is 1190. The fourth-order valence-corrected chi connectivity index (χ4v) is 7.55. The first-order chi connectivity index (χ1) is 19.2. The summed E-state index contributed by atoms with van der Waals surface area (Å²) >= 11 is 0. The highest BCUT2D eigenvalue weighted by Crippen LogP contribution is 2.54. The van der Waals surface area contributed by atoms with Crippen molar-refractivity contribution >= 4 is 0 Å². The highest BCUT2D eigenvalue weighted by atomic mass is 16.5. The quantitative estimate of drug-likeness (QED) is 0.370. The van der Waals surface area contributed by atoms with E-state index in [0.29, 0.717) is 25.0 Å². The molecule has 206 valence electrons. The van der Waals surface area contributed by atoms with Crippen LogP contribution in [0, 0.1) is 11.8 Å². The monoisotopic (exact) mass is 527 g/mol. The number of hydrogen-bond acceptors (Lipinski definition) is 5. The SMILES string of the molecule is COc1ccc(C[C@H]2[C@@H](OCc3ccccc3)[C@H]3CC4(CC[C@@H]3OCc3ccccc3)C[C@H](CO)CN24)cc1. The van der Waals surface area contributed by atoms with Gasteiger partial charge in [-0.2, -0.15) is 0 Å². The van der Waals surface area contributed by atoms with Crippen LogP contribution < -0.4 is 4.74 Å². The maximum absolute atomic E-state index is 10.2. The van der Waals surface area contributed by atoms with Gasteiger partial charge >= 0.3 is 0 Å². The number of hydrogen-bond donors (Lipinski definition) is 1. The number of ether oxygens (including phenoxy) is 3. The molecule has 2 saturated heterocycles. The second-order valence-electron chi connectivity index (χ2n) is 11.8. The van der Waals surface area contributed by atoms with Crippen LogP contribution in [-0.4, -0.2) is 54.1 Å². The molecule has 0 aromatic heterocycles. The second kappa shape index (κ2) is 11.8. The Morgan fingerprint density at radius 3 is 2.13 bits per heavy atom. The molecule has 3 aromatic carbocycles. The maximum Gasteiger partial charge on any atom is 0.118 e. The van der Waals surface area contributed by atoms with Crippen LogP contribution in [0.1, 0.15) is 42.4 Å². The van der Waals surface area contributed by atoms with Crippen LogP contribution in [0.4, 0.5) is 0 Å². The molecule has 3 aromatic rings. The van der Waals surface area contributed by atoms with Gasteiger partial charge in [0.2, 0.25) is 0 Å². The van der Waals surface area contributed by atoms with Gasteiger partial charge in [-0.25, -0.2) is 0 Å². The lowest BCUT2D eigenvalue weighted by Crippen LogP contribution is -2.67. The van der Waals surface area contributed by atoms with Crippen molar-refractivity contribution in [3.8, 4) is 5.75 Å². The highest BCUT2D eigenvalue weighted by molar-refractivity contribution is 5.29. The van der Waals surface area contributed by atoms with Crippen molar-refractivity contribution in [3.05, 3.63) is 102 Å². The minimum atomic E-state index is 0.0407.